The van der Waals surface area contributed by atoms with Crippen LogP contribution in [0.25, 0.3) is 10.9 Å². The Kier molecular flexibility index (Phi) is 5.83. The van der Waals surface area contributed by atoms with E-state index in [9.17, 15) is 9.59 Å². The van der Waals surface area contributed by atoms with Crippen LogP contribution in [0.15, 0.2) is 29.1 Å². The quantitative estimate of drug-likeness (QED) is 0.827. The predicted molar refractivity (Wildman–Crippen MR) is 97.9 cm³/mol. The topological polar surface area (TPSA) is 74.4 Å². The van der Waals surface area contributed by atoms with Crippen molar-refractivity contribution in [3.05, 3.63) is 45.7 Å². The molecule has 0 spiro atoms. The van der Waals surface area contributed by atoms with Crippen molar-refractivity contribution < 1.29 is 9.53 Å². The van der Waals surface area contributed by atoms with Crippen molar-refractivity contribution >= 4 is 16.8 Å². The van der Waals surface area contributed by atoms with E-state index in [1.54, 1.807) is 0 Å². The number of hydrogen-bond donors (Lipinski definition) is 2. The Balaban J connectivity index is 1.50. The largest absolute Gasteiger partial charge is 0.379 e. The second kappa shape index (κ2) is 8.27. The number of pyridine rings is 1. The van der Waals surface area contributed by atoms with Crippen molar-refractivity contribution in [2.45, 2.75) is 19.8 Å². The van der Waals surface area contributed by atoms with Gasteiger partial charge in [-0.1, -0.05) is 18.2 Å². The zero-order valence-electron chi connectivity index (χ0n) is 14.6. The van der Waals surface area contributed by atoms with Crippen LogP contribution in [0.4, 0.5) is 0 Å². The van der Waals surface area contributed by atoms with E-state index in [0.29, 0.717) is 24.9 Å². The Morgan fingerprint density at radius 3 is 2.92 bits per heavy atom. The summed E-state index contributed by atoms with van der Waals surface area (Å²) in [7, 11) is 0. The van der Waals surface area contributed by atoms with Gasteiger partial charge in [-0.15, -0.1) is 0 Å². The molecule has 1 fully saturated rings. The molecular weight excluding hydrogens is 318 g/mol. The maximum Gasteiger partial charge on any atom is 0.251 e. The standard InChI is InChI=1S/C19H25N3O3/c1-14-3-2-4-15-13-16(19(24)21-18(14)15)5-6-17(23)20-7-8-22-9-11-25-12-10-22/h2-4,13H,5-12H2,1H3,(H,20,23)(H,21,24). The van der Waals surface area contributed by atoms with Crippen molar-refractivity contribution in [3.8, 4) is 0 Å². The van der Waals surface area contributed by atoms with Gasteiger partial charge in [0.15, 0.2) is 0 Å². The van der Waals surface area contributed by atoms with Gasteiger partial charge in [0.25, 0.3) is 5.56 Å². The molecule has 0 radical (unpaired) electrons. The number of nitrogens with zero attached hydrogens (tertiary/aromatic N) is 1. The number of nitrogens with one attached hydrogen (secondary N) is 2. The van der Waals surface area contributed by atoms with Crippen LogP contribution in [-0.4, -0.2) is 55.2 Å². The van der Waals surface area contributed by atoms with E-state index < -0.39 is 0 Å². The van der Waals surface area contributed by atoms with Crippen molar-refractivity contribution in [2.24, 2.45) is 0 Å². The number of morpholine rings is 1. The molecule has 2 aromatic rings. The fourth-order valence-corrected chi connectivity index (χ4v) is 3.13. The number of carbonyl (C=O) groups excluding carboxylic acids is 1. The molecule has 0 unspecified atom stereocenters. The summed E-state index contributed by atoms with van der Waals surface area (Å²) in [6.45, 7) is 6.80. The fourth-order valence-electron chi connectivity index (χ4n) is 3.13. The molecular formula is C19H25N3O3. The highest BCUT2D eigenvalue weighted by Crippen LogP contribution is 2.15. The van der Waals surface area contributed by atoms with Crippen LogP contribution < -0.4 is 10.9 Å². The number of H-pyrrole nitrogens is 1. The third-order valence-electron chi connectivity index (χ3n) is 4.64. The predicted octanol–water partition coefficient (Wildman–Crippen LogP) is 1.22. The number of fused-ring (bicyclic) bond motifs is 1. The molecule has 0 saturated carbocycles. The minimum absolute atomic E-state index is 0.0167. The normalized spacial score (nSPS) is 15.4. The maximum atomic E-state index is 12.2. The van der Waals surface area contributed by atoms with E-state index in [1.165, 1.54) is 0 Å². The molecule has 1 saturated heterocycles. The molecule has 1 aromatic carbocycles. The van der Waals surface area contributed by atoms with Crippen LogP contribution in [0.1, 0.15) is 17.5 Å². The van der Waals surface area contributed by atoms with E-state index in [0.717, 1.165) is 49.3 Å². The van der Waals surface area contributed by atoms with Crippen LogP contribution in [-0.2, 0) is 16.0 Å². The minimum Gasteiger partial charge on any atom is -0.379 e. The van der Waals surface area contributed by atoms with Gasteiger partial charge in [-0.25, -0.2) is 0 Å². The van der Waals surface area contributed by atoms with Crippen molar-refractivity contribution in [1.29, 1.82) is 0 Å². The van der Waals surface area contributed by atoms with Crippen LogP contribution in [0.5, 0.6) is 0 Å². The molecule has 2 N–H and O–H groups in total. The Labute approximate surface area is 147 Å². The van der Waals surface area contributed by atoms with Crippen molar-refractivity contribution in [1.82, 2.24) is 15.2 Å². The summed E-state index contributed by atoms with van der Waals surface area (Å²) < 4.78 is 5.30. The first kappa shape index (κ1) is 17.6. The monoisotopic (exact) mass is 343 g/mol. The Hall–Kier alpha value is -2.18. The zero-order chi connectivity index (χ0) is 17.6. The number of rotatable bonds is 6. The van der Waals surface area contributed by atoms with E-state index in [2.05, 4.69) is 15.2 Å². The molecule has 2 heterocycles. The van der Waals surface area contributed by atoms with Crippen LogP contribution in [0.2, 0.25) is 0 Å². The molecule has 0 aliphatic carbocycles. The average Bonchev–Trinajstić information content (AvgIpc) is 2.62. The minimum atomic E-state index is -0.108. The van der Waals surface area contributed by atoms with E-state index >= 15 is 0 Å². The van der Waals surface area contributed by atoms with Crippen LogP contribution in [0, 0.1) is 6.92 Å². The molecule has 1 aliphatic rings. The van der Waals surface area contributed by atoms with Crippen LogP contribution in [0.3, 0.4) is 0 Å². The fraction of sp³-hybridized carbons (Fsp3) is 0.474. The number of aryl methyl sites for hydroxylation is 2. The summed E-state index contributed by atoms with van der Waals surface area (Å²) in [6.07, 6.45) is 0.770. The third-order valence-corrected chi connectivity index (χ3v) is 4.64. The number of para-hydroxylation sites is 1. The highest BCUT2D eigenvalue weighted by Gasteiger charge is 2.11. The molecule has 1 amide bonds. The van der Waals surface area contributed by atoms with Gasteiger partial charge in [0.2, 0.25) is 5.91 Å². The number of amides is 1. The SMILES string of the molecule is Cc1cccc2cc(CCC(=O)NCCN3CCOCC3)c(=O)[nH]c12. The Bertz CT molecular complexity index is 794. The molecule has 0 atom stereocenters. The molecule has 1 aliphatic heterocycles. The second-order valence-corrected chi connectivity index (χ2v) is 6.47. The van der Waals surface area contributed by atoms with E-state index in [-0.39, 0.29) is 11.5 Å². The van der Waals surface area contributed by atoms with Crippen molar-refractivity contribution in [2.75, 3.05) is 39.4 Å². The van der Waals surface area contributed by atoms with Gasteiger partial charge in [-0.05, 0) is 30.4 Å². The van der Waals surface area contributed by atoms with E-state index in [1.807, 2.05) is 31.2 Å². The first-order chi connectivity index (χ1) is 12.1. The number of ether oxygens (including phenoxy) is 1. The van der Waals surface area contributed by atoms with Crippen LogP contribution >= 0.6 is 0 Å². The highest BCUT2D eigenvalue weighted by atomic mass is 16.5. The van der Waals surface area contributed by atoms with Crippen molar-refractivity contribution in [3.63, 3.8) is 0 Å². The van der Waals surface area contributed by atoms with Gasteiger partial charge in [0.1, 0.15) is 0 Å². The van der Waals surface area contributed by atoms with Gasteiger partial charge in [0, 0.05) is 38.2 Å². The first-order valence-electron chi connectivity index (χ1n) is 8.82. The molecule has 134 valence electrons. The Morgan fingerprint density at radius 1 is 1.32 bits per heavy atom. The van der Waals surface area contributed by atoms with E-state index in [4.69, 9.17) is 4.74 Å². The summed E-state index contributed by atoms with van der Waals surface area (Å²) in [5, 5.41) is 3.93. The summed E-state index contributed by atoms with van der Waals surface area (Å²) >= 11 is 0. The Morgan fingerprint density at radius 2 is 2.12 bits per heavy atom. The number of aromatic nitrogens is 1. The summed E-state index contributed by atoms with van der Waals surface area (Å²) in [6, 6.07) is 7.81. The maximum absolute atomic E-state index is 12.2. The molecule has 25 heavy (non-hydrogen) atoms. The average molecular weight is 343 g/mol. The summed E-state index contributed by atoms with van der Waals surface area (Å²) in [5.74, 6) is -0.0167. The van der Waals surface area contributed by atoms with Gasteiger partial charge in [-0.2, -0.15) is 0 Å². The molecule has 3 rings (SSSR count). The first-order valence-corrected chi connectivity index (χ1v) is 8.82. The summed E-state index contributed by atoms with van der Waals surface area (Å²) in [4.78, 5) is 29.4. The lowest BCUT2D eigenvalue weighted by molar-refractivity contribution is -0.121. The molecule has 1 aromatic heterocycles. The van der Waals surface area contributed by atoms with Gasteiger partial charge in [0.05, 0.1) is 18.7 Å². The number of carbonyl (C=O) groups is 1. The van der Waals surface area contributed by atoms with Gasteiger partial charge >= 0.3 is 0 Å². The molecule has 6 nitrogen and oxygen atoms in total. The lowest BCUT2D eigenvalue weighted by atomic mass is 10.1. The number of aromatic amines is 1. The summed E-state index contributed by atoms with van der Waals surface area (Å²) in [5.41, 5.74) is 2.46. The third kappa shape index (κ3) is 4.67. The smallest absolute Gasteiger partial charge is 0.251 e. The van der Waals surface area contributed by atoms with Gasteiger partial charge < -0.3 is 15.0 Å². The number of benzene rings is 1. The lowest BCUT2D eigenvalue weighted by Crippen LogP contribution is -2.41. The zero-order valence-corrected chi connectivity index (χ0v) is 14.6. The second-order valence-electron chi connectivity index (χ2n) is 6.47. The highest BCUT2D eigenvalue weighted by molar-refractivity contribution is 5.82. The molecule has 6 heteroatoms. The number of hydrogen-bond acceptors (Lipinski definition) is 4. The van der Waals surface area contributed by atoms with Gasteiger partial charge in [-0.3, -0.25) is 14.5 Å². The lowest BCUT2D eigenvalue weighted by Gasteiger charge is -2.26. The molecule has 0 bridgehead atoms.